The Balaban J connectivity index is 2.54. The number of nitrogens with two attached hydrogens (primary N) is 4. The first-order chi connectivity index (χ1) is 14.2. The molecule has 0 aromatic rings. The predicted octanol–water partition coefficient (Wildman–Crippen LogP) is -1.87. The van der Waals surface area contributed by atoms with E-state index in [1.165, 1.54) is 11.8 Å². The monoisotopic (exact) mass is 425 g/mol. The molecule has 0 radical (unpaired) electrons. The summed E-state index contributed by atoms with van der Waals surface area (Å²) in [7, 11) is 0. The normalized spacial score (nSPS) is 18.9. The highest BCUT2D eigenvalue weighted by molar-refractivity contribution is 5.91. The van der Waals surface area contributed by atoms with Gasteiger partial charge in [0.05, 0.1) is 18.1 Å². The van der Waals surface area contributed by atoms with Crippen molar-refractivity contribution in [3.63, 3.8) is 0 Å². The third-order valence-electron chi connectivity index (χ3n) is 5.17. The van der Waals surface area contributed by atoms with E-state index >= 15 is 0 Å². The topological polar surface area (TPSA) is 200 Å². The fourth-order valence-electron chi connectivity index (χ4n) is 3.37. The maximum Gasteiger partial charge on any atom is 0.243 e. The van der Waals surface area contributed by atoms with Crippen LogP contribution in [-0.4, -0.2) is 72.0 Å². The quantitative estimate of drug-likeness (QED) is 0.0977. The molecular weight excluding hydrogens is 390 g/mol. The summed E-state index contributed by atoms with van der Waals surface area (Å²) in [6.07, 6.45) is 4.17. The molecule has 0 aromatic carbocycles. The number of ketones is 1. The maximum atomic E-state index is 12.7. The largest absolute Gasteiger partial charge is 0.370 e. The number of nitrogens with zero attached hydrogens (tertiary/aromatic N) is 2. The van der Waals surface area contributed by atoms with Gasteiger partial charge in [-0.05, 0) is 51.9 Å². The van der Waals surface area contributed by atoms with E-state index in [2.05, 4.69) is 10.3 Å². The van der Waals surface area contributed by atoms with Gasteiger partial charge in [-0.15, -0.1) is 0 Å². The van der Waals surface area contributed by atoms with Crippen LogP contribution in [0.2, 0.25) is 0 Å². The van der Waals surface area contributed by atoms with E-state index in [9.17, 15) is 19.2 Å². The summed E-state index contributed by atoms with van der Waals surface area (Å²) in [5, 5.41) is 2.68. The van der Waals surface area contributed by atoms with E-state index in [4.69, 9.17) is 22.9 Å². The highest BCUT2D eigenvalue weighted by atomic mass is 16.2. The molecule has 2 amide bonds. The van der Waals surface area contributed by atoms with Crippen LogP contribution >= 0.6 is 0 Å². The lowest BCUT2D eigenvalue weighted by Gasteiger charge is -2.27. The number of amides is 2. The van der Waals surface area contributed by atoms with Crippen LogP contribution in [0.4, 0.5) is 0 Å². The van der Waals surface area contributed by atoms with E-state index in [1.54, 1.807) is 0 Å². The summed E-state index contributed by atoms with van der Waals surface area (Å²) in [6.45, 7) is 2.23. The zero-order valence-electron chi connectivity index (χ0n) is 17.6. The van der Waals surface area contributed by atoms with E-state index in [-0.39, 0.29) is 23.6 Å². The Morgan fingerprint density at radius 1 is 1.13 bits per heavy atom. The second-order valence-corrected chi connectivity index (χ2v) is 7.64. The van der Waals surface area contributed by atoms with Crippen LogP contribution in [0.3, 0.4) is 0 Å². The lowest BCUT2D eigenvalue weighted by Crippen LogP contribution is -2.53. The van der Waals surface area contributed by atoms with Crippen molar-refractivity contribution in [3.05, 3.63) is 0 Å². The van der Waals surface area contributed by atoms with Crippen LogP contribution in [0.15, 0.2) is 4.99 Å². The Labute approximate surface area is 177 Å². The number of nitrogens with one attached hydrogen (secondary N) is 1. The molecule has 0 spiro atoms. The lowest BCUT2D eigenvalue weighted by atomic mass is 10.0. The molecule has 1 heterocycles. The highest BCUT2D eigenvalue weighted by Crippen LogP contribution is 2.19. The van der Waals surface area contributed by atoms with Gasteiger partial charge in [-0.25, -0.2) is 0 Å². The molecule has 1 saturated heterocycles. The Morgan fingerprint density at radius 3 is 2.40 bits per heavy atom. The van der Waals surface area contributed by atoms with Crippen molar-refractivity contribution in [2.24, 2.45) is 27.9 Å². The Kier molecular flexibility index (Phi) is 11.0. The van der Waals surface area contributed by atoms with Crippen LogP contribution < -0.4 is 28.3 Å². The molecule has 11 nitrogen and oxygen atoms in total. The van der Waals surface area contributed by atoms with Crippen LogP contribution in [0.5, 0.6) is 0 Å². The number of hydrogen-bond acceptors (Lipinski definition) is 7. The number of aldehydes is 1. The van der Waals surface area contributed by atoms with Gasteiger partial charge in [0.2, 0.25) is 11.8 Å². The van der Waals surface area contributed by atoms with Crippen molar-refractivity contribution in [3.8, 4) is 0 Å². The van der Waals surface area contributed by atoms with Gasteiger partial charge in [0.15, 0.2) is 5.96 Å². The minimum atomic E-state index is -0.765. The number of hydrogen-bond donors (Lipinski definition) is 5. The minimum Gasteiger partial charge on any atom is -0.370 e. The molecule has 0 aromatic heterocycles. The lowest BCUT2D eigenvalue weighted by molar-refractivity contribution is -0.140. The van der Waals surface area contributed by atoms with Gasteiger partial charge >= 0.3 is 0 Å². The van der Waals surface area contributed by atoms with Crippen LogP contribution in [0.25, 0.3) is 0 Å². The first-order valence-corrected chi connectivity index (χ1v) is 10.3. The number of carbonyl (C=O) groups is 4. The Morgan fingerprint density at radius 2 is 1.80 bits per heavy atom. The second-order valence-electron chi connectivity index (χ2n) is 7.64. The van der Waals surface area contributed by atoms with Crippen molar-refractivity contribution in [2.75, 3.05) is 13.1 Å². The molecule has 1 unspecified atom stereocenters. The number of rotatable bonds is 13. The molecule has 0 aliphatic carbocycles. The van der Waals surface area contributed by atoms with Gasteiger partial charge in [0.25, 0.3) is 0 Å². The first kappa shape index (κ1) is 25.5. The molecule has 170 valence electrons. The average molecular weight is 426 g/mol. The van der Waals surface area contributed by atoms with Gasteiger partial charge < -0.3 is 37.9 Å². The third-order valence-corrected chi connectivity index (χ3v) is 5.17. The molecule has 9 N–H and O–H groups in total. The molecular formula is C19H35N7O4. The number of aliphatic imine (C=N–C) groups is 1. The summed E-state index contributed by atoms with van der Waals surface area (Å²) in [5.74, 6) is -0.805. The fourth-order valence-corrected chi connectivity index (χ4v) is 3.37. The Hall–Kier alpha value is -2.53. The summed E-state index contributed by atoms with van der Waals surface area (Å²) in [6, 6.07) is -2.64. The number of carbonyl (C=O) groups excluding carboxylic acids is 4. The summed E-state index contributed by atoms with van der Waals surface area (Å²) < 4.78 is 0. The highest BCUT2D eigenvalue weighted by Gasteiger charge is 2.36. The number of Topliss-reactive ketones (excluding diaryl/α,β-unsaturated/α-hetero) is 1. The molecule has 1 fully saturated rings. The van der Waals surface area contributed by atoms with Gasteiger partial charge in [0.1, 0.15) is 18.1 Å². The summed E-state index contributed by atoms with van der Waals surface area (Å²) in [4.78, 5) is 53.2. The van der Waals surface area contributed by atoms with Gasteiger partial charge in [-0.3, -0.25) is 19.4 Å². The van der Waals surface area contributed by atoms with Crippen molar-refractivity contribution in [2.45, 2.75) is 76.0 Å². The molecule has 11 heteroatoms. The van der Waals surface area contributed by atoms with Crippen molar-refractivity contribution < 1.29 is 19.2 Å². The standard InChI is InChI=1S/C19H35N7O4/c1-12(28)14(20)6-2-7-15(21)18(30)26-10-4-8-16(26)17(29)25-13(11-27)5-3-9-24-19(22)23/h11,13-16H,2-10,20-21H2,1H3,(H,25,29)(H4,22,23,24)/t13-,14?,15+,16-/m0/s1. The molecule has 30 heavy (non-hydrogen) atoms. The molecule has 4 atom stereocenters. The van der Waals surface area contributed by atoms with Crippen molar-refractivity contribution >= 4 is 29.8 Å². The first-order valence-electron chi connectivity index (χ1n) is 10.3. The van der Waals surface area contributed by atoms with Gasteiger partial charge in [0, 0.05) is 13.1 Å². The summed E-state index contributed by atoms with van der Waals surface area (Å²) in [5.41, 5.74) is 22.2. The molecule has 0 saturated carbocycles. The van der Waals surface area contributed by atoms with Crippen LogP contribution in [0, 0.1) is 0 Å². The van der Waals surface area contributed by atoms with Gasteiger partial charge in [-0.1, -0.05) is 0 Å². The Bertz CT molecular complexity index is 636. The maximum absolute atomic E-state index is 12.7. The molecule has 0 bridgehead atoms. The smallest absolute Gasteiger partial charge is 0.243 e. The number of likely N-dealkylation sites (tertiary alicyclic amines) is 1. The molecule has 1 aliphatic heterocycles. The van der Waals surface area contributed by atoms with E-state index in [0.717, 1.165) is 0 Å². The zero-order valence-corrected chi connectivity index (χ0v) is 17.6. The third kappa shape index (κ3) is 8.46. The molecule has 1 aliphatic rings. The number of guanidine groups is 1. The summed E-state index contributed by atoms with van der Waals surface area (Å²) >= 11 is 0. The van der Waals surface area contributed by atoms with Gasteiger partial charge in [-0.2, -0.15) is 0 Å². The predicted molar refractivity (Wildman–Crippen MR) is 113 cm³/mol. The van der Waals surface area contributed by atoms with Crippen molar-refractivity contribution in [1.29, 1.82) is 0 Å². The SMILES string of the molecule is CC(=O)C(N)CCC[C@@H](N)C(=O)N1CCC[C@H]1C(=O)N[C@H](C=O)CCCN=C(N)N. The van der Waals surface area contributed by atoms with Crippen molar-refractivity contribution in [1.82, 2.24) is 10.2 Å². The van der Waals surface area contributed by atoms with Crippen LogP contribution in [0.1, 0.15) is 51.9 Å². The second kappa shape index (κ2) is 12.9. The van der Waals surface area contributed by atoms with E-state index in [0.29, 0.717) is 64.3 Å². The zero-order chi connectivity index (χ0) is 22.7. The fraction of sp³-hybridized carbons (Fsp3) is 0.737. The molecule has 1 rings (SSSR count). The van der Waals surface area contributed by atoms with Crippen LogP contribution in [-0.2, 0) is 19.2 Å². The van der Waals surface area contributed by atoms with E-state index in [1.807, 2.05) is 0 Å². The minimum absolute atomic E-state index is 0.0265. The van der Waals surface area contributed by atoms with E-state index < -0.39 is 24.2 Å². The average Bonchev–Trinajstić information content (AvgIpc) is 3.18.